The Morgan fingerprint density at radius 1 is 1.40 bits per heavy atom. The van der Waals surface area contributed by atoms with Gasteiger partial charge in [-0.05, 0) is 19.1 Å². The summed E-state index contributed by atoms with van der Waals surface area (Å²) >= 11 is 1.21. The predicted octanol–water partition coefficient (Wildman–Crippen LogP) is 2.41. The van der Waals surface area contributed by atoms with Gasteiger partial charge in [-0.15, -0.1) is 11.3 Å². The zero-order chi connectivity index (χ0) is 14.7. The summed E-state index contributed by atoms with van der Waals surface area (Å²) in [6.45, 7) is 1.78. The Labute approximate surface area is 119 Å². The number of hydrogen-bond acceptors (Lipinski definition) is 5. The first-order chi connectivity index (χ1) is 9.52. The van der Waals surface area contributed by atoms with Gasteiger partial charge in [0, 0.05) is 11.1 Å². The molecule has 104 valence electrons. The second kappa shape index (κ2) is 5.70. The van der Waals surface area contributed by atoms with Crippen LogP contribution < -0.4 is 10.1 Å². The molecule has 2 heterocycles. The zero-order valence-corrected chi connectivity index (χ0v) is 11.7. The summed E-state index contributed by atoms with van der Waals surface area (Å²) in [6, 6.07) is 3.03. The lowest BCUT2D eigenvalue weighted by atomic mass is 10.2. The molecular weight excluding hydrogens is 280 g/mol. The van der Waals surface area contributed by atoms with Crippen molar-refractivity contribution in [3.05, 3.63) is 40.5 Å². The summed E-state index contributed by atoms with van der Waals surface area (Å²) in [5.41, 5.74) is 0.374. The SMILES string of the molecule is COc1cnccc1C(=O)Nc1sc(C)cc1C(=O)O. The van der Waals surface area contributed by atoms with Crippen LogP contribution in [-0.4, -0.2) is 29.1 Å². The van der Waals surface area contributed by atoms with Gasteiger partial charge in [-0.25, -0.2) is 4.79 Å². The number of methoxy groups -OCH3 is 1. The largest absolute Gasteiger partial charge is 0.494 e. The van der Waals surface area contributed by atoms with E-state index in [0.717, 1.165) is 4.88 Å². The third kappa shape index (κ3) is 2.77. The highest BCUT2D eigenvalue weighted by molar-refractivity contribution is 7.16. The highest BCUT2D eigenvalue weighted by Crippen LogP contribution is 2.28. The number of ether oxygens (including phenoxy) is 1. The van der Waals surface area contributed by atoms with Crippen molar-refractivity contribution in [1.29, 1.82) is 0 Å². The van der Waals surface area contributed by atoms with Crippen molar-refractivity contribution in [2.45, 2.75) is 6.92 Å². The van der Waals surface area contributed by atoms with E-state index in [-0.39, 0.29) is 5.56 Å². The predicted molar refractivity (Wildman–Crippen MR) is 74.8 cm³/mol. The molecule has 0 radical (unpaired) electrons. The maximum atomic E-state index is 12.2. The van der Waals surface area contributed by atoms with Crippen molar-refractivity contribution < 1.29 is 19.4 Å². The Kier molecular flexibility index (Phi) is 3.99. The van der Waals surface area contributed by atoms with E-state index in [1.165, 1.54) is 43.0 Å². The zero-order valence-electron chi connectivity index (χ0n) is 10.8. The first kappa shape index (κ1) is 14.0. The van der Waals surface area contributed by atoms with Crippen molar-refractivity contribution >= 4 is 28.2 Å². The van der Waals surface area contributed by atoms with Gasteiger partial charge < -0.3 is 15.2 Å². The monoisotopic (exact) mass is 292 g/mol. The van der Waals surface area contributed by atoms with E-state index >= 15 is 0 Å². The van der Waals surface area contributed by atoms with Crippen LogP contribution >= 0.6 is 11.3 Å². The molecule has 0 aromatic carbocycles. The summed E-state index contributed by atoms with van der Waals surface area (Å²) in [5.74, 6) is -1.19. The molecule has 0 spiro atoms. The molecule has 0 unspecified atom stereocenters. The van der Waals surface area contributed by atoms with Crippen molar-refractivity contribution in [3.63, 3.8) is 0 Å². The van der Waals surface area contributed by atoms with Crippen molar-refractivity contribution in [2.75, 3.05) is 12.4 Å². The number of aromatic carboxylic acids is 1. The molecule has 2 aromatic rings. The van der Waals surface area contributed by atoms with Crippen LogP contribution in [-0.2, 0) is 0 Å². The summed E-state index contributed by atoms with van der Waals surface area (Å²) in [5, 5.41) is 12.0. The fraction of sp³-hybridized carbons (Fsp3) is 0.154. The van der Waals surface area contributed by atoms with E-state index < -0.39 is 11.9 Å². The smallest absolute Gasteiger partial charge is 0.338 e. The fourth-order valence-electron chi connectivity index (χ4n) is 1.67. The standard InChI is InChI=1S/C13H12N2O4S/c1-7-5-9(13(17)18)12(20-7)15-11(16)8-3-4-14-6-10(8)19-2/h3-6H,1-2H3,(H,15,16)(H,17,18). The molecule has 0 atom stereocenters. The minimum absolute atomic E-state index is 0.0777. The normalized spacial score (nSPS) is 10.1. The third-order valence-corrected chi connectivity index (χ3v) is 3.53. The van der Waals surface area contributed by atoms with E-state index in [9.17, 15) is 9.59 Å². The van der Waals surface area contributed by atoms with Crippen LogP contribution in [0.2, 0.25) is 0 Å². The van der Waals surface area contributed by atoms with Gasteiger partial charge in [-0.1, -0.05) is 0 Å². The number of aryl methyl sites for hydroxylation is 1. The highest BCUT2D eigenvalue weighted by atomic mass is 32.1. The van der Waals surface area contributed by atoms with E-state index in [2.05, 4.69) is 10.3 Å². The molecule has 7 heteroatoms. The molecule has 2 rings (SSSR count). The van der Waals surface area contributed by atoms with Gasteiger partial charge in [0.1, 0.15) is 10.8 Å². The number of hydrogen-bond donors (Lipinski definition) is 2. The number of pyridine rings is 1. The molecule has 20 heavy (non-hydrogen) atoms. The summed E-state index contributed by atoms with van der Waals surface area (Å²) < 4.78 is 5.05. The highest BCUT2D eigenvalue weighted by Gasteiger charge is 2.18. The molecule has 0 aliphatic heterocycles. The van der Waals surface area contributed by atoms with E-state index in [1.54, 1.807) is 6.92 Å². The summed E-state index contributed by atoms with van der Waals surface area (Å²) in [4.78, 5) is 27.9. The van der Waals surface area contributed by atoms with Gasteiger partial charge >= 0.3 is 5.97 Å². The number of aromatic nitrogens is 1. The summed E-state index contributed by atoms with van der Waals surface area (Å²) in [6.07, 6.45) is 2.89. The quantitative estimate of drug-likeness (QED) is 0.903. The molecule has 0 saturated heterocycles. The minimum atomic E-state index is -1.08. The third-order valence-electron chi connectivity index (χ3n) is 2.56. The number of carbonyl (C=O) groups is 2. The van der Waals surface area contributed by atoms with Gasteiger partial charge in [-0.2, -0.15) is 0 Å². The number of carbonyl (C=O) groups excluding carboxylic acids is 1. The molecule has 0 bridgehead atoms. The topological polar surface area (TPSA) is 88.5 Å². The Bertz CT molecular complexity index is 666. The summed E-state index contributed by atoms with van der Waals surface area (Å²) in [7, 11) is 1.44. The van der Waals surface area contributed by atoms with Gasteiger partial charge in [0.15, 0.2) is 0 Å². The number of nitrogens with zero attached hydrogens (tertiary/aromatic N) is 1. The lowest BCUT2D eigenvalue weighted by Crippen LogP contribution is -2.14. The molecule has 2 aromatic heterocycles. The molecule has 0 aliphatic carbocycles. The maximum Gasteiger partial charge on any atom is 0.338 e. The first-order valence-corrected chi connectivity index (χ1v) is 6.47. The second-order valence-electron chi connectivity index (χ2n) is 3.94. The van der Waals surface area contributed by atoms with Crippen molar-refractivity contribution in [1.82, 2.24) is 4.98 Å². The first-order valence-electron chi connectivity index (χ1n) is 5.66. The molecule has 0 fully saturated rings. The molecule has 1 amide bonds. The molecule has 0 saturated carbocycles. The average Bonchev–Trinajstić information content (AvgIpc) is 2.79. The van der Waals surface area contributed by atoms with E-state index in [4.69, 9.17) is 9.84 Å². The lowest BCUT2D eigenvalue weighted by molar-refractivity contribution is 0.0698. The number of amides is 1. The number of thiophene rings is 1. The Morgan fingerprint density at radius 2 is 2.15 bits per heavy atom. The fourth-order valence-corrected chi connectivity index (χ4v) is 2.57. The van der Waals surface area contributed by atoms with Gasteiger partial charge in [-0.3, -0.25) is 9.78 Å². The number of carboxylic acids is 1. The van der Waals surface area contributed by atoms with Crippen LogP contribution in [0.5, 0.6) is 5.75 Å². The molecule has 2 N–H and O–H groups in total. The average molecular weight is 292 g/mol. The van der Waals surface area contributed by atoms with Crippen molar-refractivity contribution in [3.8, 4) is 5.75 Å². The Hall–Kier alpha value is -2.41. The Balaban J connectivity index is 2.30. The minimum Gasteiger partial charge on any atom is -0.494 e. The van der Waals surface area contributed by atoms with Crippen LogP contribution in [0.4, 0.5) is 5.00 Å². The van der Waals surface area contributed by atoms with Crippen molar-refractivity contribution in [2.24, 2.45) is 0 Å². The van der Waals surface area contributed by atoms with Crippen LogP contribution in [0.25, 0.3) is 0 Å². The lowest BCUT2D eigenvalue weighted by Gasteiger charge is -2.07. The Morgan fingerprint density at radius 3 is 2.80 bits per heavy atom. The van der Waals surface area contributed by atoms with Gasteiger partial charge in [0.2, 0.25) is 0 Å². The van der Waals surface area contributed by atoms with E-state index in [0.29, 0.717) is 16.3 Å². The van der Waals surface area contributed by atoms with Crippen LogP contribution in [0, 0.1) is 6.92 Å². The second-order valence-corrected chi connectivity index (χ2v) is 5.19. The molecular formula is C13H12N2O4S. The van der Waals surface area contributed by atoms with Gasteiger partial charge in [0.05, 0.1) is 24.4 Å². The van der Waals surface area contributed by atoms with E-state index in [1.807, 2.05) is 0 Å². The molecule has 6 nitrogen and oxygen atoms in total. The maximum absolute atomic E-state index is 12.2. The van der Waals surface area contributed by atoms with Crippen LogP contribution in [0.1, 0.15) is 25.6 Å². The molecule has 0 aliphatic rings. The number of anilines is 1. The number of carboxylic acid groups (broad SMARTS) is 1. The van der Waals surface area contributed by atoms with Gasteiger partial charge in [0.25, 0.3) is 5.91 Å². The number of nitrogens with one attached hydrogen (secondary N) is 1. The van der Waals surface area contributed by atoms with Crippen LogP contribution in [0.3, 0.4) is 0 Å². The number of rotatable bonds is 4. The van der Waals surface area contributed by atoms with Crippen LogP contribution in [0.15, 0.2) is 24.5 Å².